The van der Waals surface area contributed by atoms with Gasteiger partial charge in [0.15, 0.2) is 0 Å². The molecule has 0 amide bonds. The lowest BCUT2D eigenvalue weighted by atomic mass is 9.41. The maximum absolute atomic E-state index is 14.6. The highest BCUT2D eigenvalue weighted by Gasteiger charge is 2.67. The molecule has 0 saturated heterocycles. The van der Waals surface area contributed by atoms with E-state index in [1.807, 2.05) is 38.1 Å². The van der Waals surface area contributed by atoms with Crippen LogP contribution in [-0.2, 0) is 25.7 Å². The first-order valence-electron chi connectivity index (χ1n) is 14.8. The Labute approximate surface area is 248 Å². The molecule has 2 atom stereocenters. The van der Waals surface area contributed by atoms with Crippen LogP contribution in [0.3, 0.4) is 0 Å². The highest BCUT2D eigenvalue weighted by molar-refractivity contribution is 6.02. The van der Waals surface area contributed by atoms with Crippen molar-refractivity contribution in [2.45, 2.75) is 96.1 Å². The van der Waals surface area contributed by atoms with E-state index in [1.54, 1.807) is 0 Å². The summed E-state index contributed by atoms with van der Waals surface area (Å²) in [5.74, 6) is -0.514. The summed E-state index contributed by atoms with van der Waals surface area (Å²) in [7, 11) is 1.46. The Balaban J connectivity index is 2.14. The van der Waals surface area contributed by atoms with E-state index in [4.69, 9.17) is 9.47 Å². The second-order valence-corrected chi connectivity index (χ2v) is 15.6. The molecule has 0 spiro atoms. The molecule has 0 fully saturated rings. The normalized spacial score (nSPS) is 16.2. The van der Waals surface area contributed by atoms with Gasteiger partial charge in [0.1, 0.15) is 6.61 Å². The molecule has 4 nitrogen and oxygen atoms in total. The number of hydrogen-bond donors (Lipinski definition) is 0. The molecular formula is C37H52O4. The second-order valence-electron chi connectivity index (χ2n) is 15.6. The summed E-state index contributed by atoms with van der Waals surface area (Å²) in [6.45, 7) is 25.4. The minimum atomic E-state index is -0.961. The molecule has 0 heterocycles. The van der Waals surface area contributed by atoms with Crippen molar-refractivity contribution in [3.8, 4) is 0 Å². The monoisotopic (exact) mass is 560 g/mol. The van der Waals surface area contributed by atoms with Gasteiger partial charge < -0.3 is 9.47 Å². The van der Waals surface area contributed by atoms with Crippen LogP contribution in [0.15, 0.2) is 54.6 Å². The number of methoxy groups -OCH3 is 1. The van der Waals surface area contributed by atoms with Crippen molar-refractivity contribution in [1.82, 2.24) is 0 Å². The summed E-state index contributed by atoms with van der Waals surface area (Å²) in [5.41, 5.74) is -2.78. The third kappa shape index (κ3) is 5.40. The molecule has 0 radical (unpaired) electrons. The summed E-state index contributed by atoms with van der Waals surface area (Å²) >= 11 is 0. The molecule has 224 valence electrons. The highest BCUT2D eigenvalue weighted by Crippen LogP contribution is 2.66. The van der Waals surface area contributed by atoms with E-state index in [-0.39, 0.29) is 24.0 Å². The molecule has 3 rings (SSSR count). The molecule has 0 aliphatic carbocycles. The highest BCUT2D eigenvalue weighted by atomic mass is 16.5. The van der Waals surface area contributed by atoms with Gasteiger partial charge in [-0.1, -0.05) is 118 Å². The van der Waals surface area contributed by atoms with Crippen LogP contribution in [0.25, 0.3) is 21.5 Å². The molecule has 0 N–H and O–H groups in total. The number of hydrogen-bond acceptors (Lipinski definition) is 4. The zero-order valence-corrected chi connectivity index (χ0v) is 27.7. The smallest absolute Gasteiger partial charge is 0.313 e. The van der Waals surface area contributed by atoms with Gasteiger partial charge in [0.25, 0.3) is 0 Å². The molecular weight excluding hydrogens is 508 g/mol. The molecule has 4 heteroatoms. The summed E-state index contributed by atoms with van der Waals surface area (Å²) in [6, 6.07) is 18.7. The van der Waals surface area contributed by atoms with Crippen LogP contribution in [0.5, 0.6) is 0 Å². The van der Waals surface area contributed by atoms with Crippen molar-refractivity contribution in [2.24, 2.45) is 32.5 Å². The van der Waals surface area contributed by atoms with E-state index in [1.165, 1.54) is 7.11 Å². The van der Waals surface area contributed by atoms with Crippen molar-refractivity contribution in [2.75, 3.05) is 7.11 Å². The molecule has 0 bridgehead atoms. The lowest BCUT2D eigenvalue weighted by molar-refractivity contribution is -0.207. The zero-order valence-electron chi connectivity index (χ0n) is 27.7. The van der Waals surface area contributed by atoms with Crippen molar-refractivity contribution < 1.29 is 19.1 Å². The Morgan fingerprint density at radius 2 is 1.12 bits per heavy atom. The number of carbonyl (C=O) groups is 2. The number of rotatable bonds is 8. The lowest BCUT2D eigenvalue weighted by Gasteiger charge is -2.62. The Morgan fingerprint density at radius 3 is 1.54 bits per heavy atom. The predicted molar refractivity (Wildman–Crippen MR) is 171 cm³/mol. The molecule has 3 aromatic rings. The minimum absolute atomic E-state index is 0.135. The van der Waals surface area contributed by atoms with Gasteiger partial charge >= 0.3 is 11.9 Å². The van der Waals surface area contributed by atoms with Gasteiger partial charge in [-0.05, 0) is 69.5 Å². The van der Waals surface area contributed by atoms with E-state index in [0.717, 1.165) is 27.1 Å². The zero-order chi connectivity index (χ0) is 31.2. The van der Waals surface area contributed by atoms with Gasteiger partial charge in [-0.25, -0.2) is 0 Å². The minimum Gasteiger partial charge on any atom is -0.469 e. The molecule has 0 saturated carbocycles. The second kappa shape index (κ2) is 10.7. The first kappa shape index (κ1) is 32.6. The molecule has 0 aromatic heterocycles. The van der Waals surface area contributed by atoms with Crippen molar-refractivity contribution in [1.29, 1.82) is 0 Å². The first-order chi connectivity index (χ1) is 18.7. The summed E-state index contributed by atoms with van der Waals surface area (Å²) in [5, 5.41) is 4.40. The van der Waals surface area contributed by atoms with Crippen LogP contribution in [0.1, 0.15) is 95.1 Å². The molecule has 0 aliphatic rings. The van der Waals surface area contributed by atoms with Gasteiger partial charge in [0.2, 0.25) is 0 Å². The van der Waals surface area contributed by atoms with Gasteiger partial charge in [-0.3, -0.25) is 9.59 Å². The SMILES string of the molecule is COC(=O)C(C)(CC(C)(C)C)C(C)(C)C(C)(C)C(C)(C(=O)OCc1c2ccccc2cc2ccccc12)C(C)(C)C. The first-order valence-corrected chi connectivity index (χ1v) is 14.8. The summed E-state index contributed by atoms with van der Waals surface area (Å²) < 4.78 is 11.8. The summed E-state index contributed by atoms with van der Waals surface area (Å²) in [4.78, 5) is 28.1. The standard InChI is InChI=1S/C37H52O4/c1-32(2,3)24-36(11,30(38)40-13)34(7,8)35(9,10)37(12,33(4,5)6)31(39)41-23-29-27-20-16-14-18-25(27)22-26-19-15-17-21-28(26)29/h14-22H,23-24H2,1-13H3. The van der Waals surface area contributed by atoms with Crippen LogP contribution in [0, 0.1) is 32.5 Å². The fourth-order valence-electron chi connectivity index (χ4n) is 7.19. The quantitative estimate of drug-likeness (QED) is 0.203. The summed E-state index contributed by atoms with van der Waals surface area (Å²) in [6.07, 6.45) is 0.611. The third-order valence-corrected chi connectivity index (χ3v) is 10.9. The van der Waals surface area contributed by atoms with Crippen molar-refractivity contribution in [3.63, 3.8) is 0 Å². The van der Waals surface area contributed by atoms with Gasteiger partial charge in [-0.2, -0.15) is 0 Å². The van der Waals surface area contributed by atoms with Crippen molar-refractivity contribution in [3.05, 3.63) is 60.2 Å². The van der Waals surface area contributed by atoms with Gasteiger partial charge in [0.05, 0.1) is 17.9 Å². The van der Waals surface area contributed by atoms with E-state index >= 15 is 0 Å². The number of esters is 2. The average Bonchev–Trinajstić information content (AvgIpc) is 2.87. The van der Waals surface area contributed by atoms with Crippen LogP contribution < -0.4 is 0 Å². The Hall–Kier alpha value is -2.88. The van der Waals surface area contributed by atoms with Crippen LogP contribution in [0.4, 0.5) is 0 Å². The Kier molecular flexibility index (Phi) is 8.56. The molecule has 41 heavy (non-hydrogen) atoms. The fourth-order valence-corrected chi connectivity index (χ4v) is 7.19. The van der Waals surface area contributed by atoms with Crippen LogP contribution >= 0.6 is 0 Å². The third-order valence-electron chi connectivity index (χ3n) is 10.9. The van der Waals surface area contributed by atoms with Gasteiger partial charge in [0, 0.05) is 5.56 Å². The van der Waals surface area contributed by atoms with Crippen molar-refractivity contribution >= 4 is 33.5 Å². The Morgan fingerprint density at radius 1 is 0.659 bits per heavy atom. The number of benzene rings is 3. The fraction of sp³-hybridized carbons (Fsp3) is 0.568. The average molecular weight is 561 g/mol. The van der Waals surface area contributed by atoms with Crippen LogP contribution in [-0.4, -0.2) is 19.0 Å². The number of ether oxygens (including phenoxy) is 2. The number of fused-ring (bicyclic) bond motifs is 2. The van der Waals surface area contributed by atoms with Crippen LogP contribution in [0.2, 0.25) is 0 Å². The Bertz CT molecular complexity index is 1380. The van der Waals surface area contributed by atoms with E-state index in [9.17, 15) is 9.59 Å². The predicted octanol–water partition coefficient (Wildman–Crippen LogP) is 9.76. The topological polar surface area (TPSA) is 52.6 Å². The lowest BCUT2D eigenvalue weighted by Crippen LogP contribution is -2.63. The van der Waals surface area contributed by atoms with E-state index in [0.29, 0.717) is 6.42 Å². The van der Waals surface area contributed by atoms with E-state index < -0.39 is 27.1 Å². The molecule has 0 aliphatic heterocycles. The largest absolute Gasteiger partial charge is 0.469 e. The maximum atomic E-state index is 14.6. The maximum Gasteiger partial charge on any atom is 0.313 e. The van der Waals surface area contributed by atoms with E-state index in [2.05, 4.69) is 99.6 Å². The van der Waals surface area contributed by atoms with Gasteiger partial charge in [-0.15, -0.1) is 0 Å². The number of carbonyl (C=O) groups excluding carboxylic acids is 2. The molecule has 2 unspecified atom stereocenters. The molecule has 3 aromatic carbocycles.